The molecular formula is C24H23FN2O4. The largest absolute Gasteiger partial charge is 0.454 e. The normalized spacial score (nSPS) is 12.1. The third-order valence-corrected chi connectivity index (χ3v) is 5.16. The van der Waals surface area contributed by atoms with E-state index in [1.54, 1.807) is 29.0 Å². The highest BCUT2D eigenvalue weighted by molar-refractivity contribution is 5.95. The van der Waals surface area contributed by atoms with E-state index in [4.69, 9.17) is 9.47 Å². The Morgan fingerprint density at radius 2 is 1.84 bits per heavy atom. The van der Waals surface area contributed by atoms with Gasteiger partial charge in [-0.25, -0.2) is 4.39 Å². The van der Waals surface area contributed by atoms with E-state index < -0.39 is 5.91 Å². The Kier molecular flexibility index (Phi) is 6.02. The highest BCUT2D eigenvalue weighted by Gasteiger charge is 2.18. The lowest BCUT2D eigenvalue weighted by Crippen LogP contribution is -2.33. The molecule has 0 aliphatic carbocycles. The Hall–Kier alpha value is -3.61. The third-order valence-electron chi connectivity index (χ3n) is 5.16. The lowest BCUT2D eigenvalue weighted by molar-refractivity contribution is 0.0948. The van der Waals surface area contributed by atoms with Crippen molar-refractivity contribution in [2.75, 3.05) is 6.79 Å². The molecule has 0 fully saturated rings. The summed E-state index contributed by atoms with van der Waals surface area (Å²) in [6.07, 6.45) is 3.51. The number of aryl methyl sites for hydroxylation is 1. The first-order valence-electron chi connectivity index (χ1n) is 10.2. The van der Waals surface area contributed by atoms with Crippen molar-refractivity contribution in [2.45, 2.75) is 32.9 Å². The molecule has 1 aliphatic heterocycles. The smallest absolute Gasteiger partial charge is 0.263 e. The molecule has 0 saturated heterocycles. The van der Waals surface area contributed by atoms with Crippen LogP contribution in [0.15, 0.2) is 59.5 Å². The summed E-state index contributed by atoms with van der Waals surface area (Å²) in [4.78, 5) is 25.8. The molecule has 1 aliphatic rings. The summed E-state index contributed by atoms with van der Waals surface area (Å²) < 4.78 is 25.5. The quantitative estimate of drug-likeness (QED) is 0.622. The van der Waals surface area contributed by atoms with E-state index in [1.807, 2.05) is 25.1 Å². The van der Waals surface area contributed by atoms with E-state index in [-0.39, 0.29) is 30.3 Å². The second-order valence-electron chi connectivity index (χ2n) is 7.37. The van der Waals surface area contributed by atoms with Crippen molar-refractivity contribution in [2.24, 2.45) is 0 Å². The summed E-state index contributed by atoms with van der Waals surface area (Å²) in [5.74, 6) is 0.485. The number of hydrogen-bond acceptors (Lipinski definition) is 4. The first-order chi connectivity index (χ1) is 15.0. The van der Waals surface area contributed by atoms with E-state index in [2.05, 4.69) is 5.32 Å². The molecule has 0 atom stereocenters. The van der Waals surface area contributed by atoms with E-state index in [0.29, 0.717) is 18.0 Å². The second kappa shape index (κ2) is 9.04. The van der Waals surface area contributed by atoms with Gasteiger partial charge in [-0.3, -0.25) is 9.59 Å². The van der Waals surface area contributed by atoms with Crippen LogP contribution >= 0.6 is 0 Å². The predicted octanol–water partition coefficient (Wildman–Crippen LogP) is 4.11. The summed E-state index contributed by atoms with van der Waals surface area (Å²) in [6.45, 7) is 2.93. The Labute approximate surface area is 179 Å². The predicted molar refractivity (Wildman–Crippen MR) is 115 cm³/mol. The Morgan fingerprint density at radius 1 is 1.06 bits per heavy atom. The summed E-state index contributed by atoms with van der Waals surface area (Å²) in [5.41, 5.74) is 2.03. The van der Waals surface area contributed by atoms with Gasteiger partial charge in [-0.15, -0.1) is 0 Å². The number of carbonyl (C=O) groups is 1. The number of benzene rings is 2. The van der Waals surface area contributed by atoms with Crippen LogP contribution < -0.4 is 20.3 Å². The van der Waals surface area contributed by atoms with Gasteiger partial charge >= 0.3 is 0 Å². The highest BCUT2D eigenvalue weighted by atomic mass is 19.1. The number of pyridine rings is 1. The highest BCUT2D eigenvalue weighted by Crippen LogP contribution is 2.35. The number of fused-ring (bicyclic) bond motifs is 1. The first kappa shape index (κ1) is 20.7. The standard InChI is InChI=1S/C24H23FN2O4/c1-2-3-10-27-14-18(17-6-9-21-22(12-17)31-15-30-21)11-20(24(27)29)23(28)26-13-16-4-7-19(25)8-5-16/h4-9,11-12,14H,2-3,10,13,15H2,1H3,(H,26,28). The minimum absolute atomic E-state index is 0.0633. The molecule has 1 aromatic heterocycles. The number of halogens is 1. The molecule has 0 saturated carbocycles. The lowest BCUT2D eigenvalue weighted by Gasteiger charge is -2.13. The van der Waals surface area contributed by atoms with E-state index in [1.165, 1.54) is 12.1 Å². The molecule has 7 heteroatoms. The van der Waals surface area contributed by atoms with Gasteiger partial charge in [0, 0.05) is 19.3 Å². The number of nitrogens with zero attached hydrogens (tertiary/aromatic N) is 1. The van der Waals surface area contributed by atoms with Crippen molar-refractivity contribution < 1.29 is 18.7 Å². The molecule has 2 heterocycles. The van der Waals surface area contributed by atoms with Gasteiger partial charge in [0.2, 0.25) is 6.79 Å². The van der Waals surface area contributed by atoms with E-state index in [9.17, 15) is 14.0 Å². The average Bonchev–Trinajstić information content (AvgIpc) is 3.25. The van der Waals surface area contributed by atoms with Crippen molar-refractivity contribution in [3.05, 3.63) is 82.0 Å². The summed E-state index contributed by atoms with van der Waals surface area (Å²) in [5, 5.41) is 2.76. The van der Waals surface area contributed by atoms with Crippen LogP contribution in [0.1, 0.15) is 35.7 Å². The Bertz CT molecular complexity index is 1160. The van der Waals surface area contributed by atoms with Crippen LogP contribution in [0, 0.1) is 5.82 Å². The van der Waals surface area contributed by atoms with Gasteiger partial charge in [-0.05, 0) is 53.4 Å². The van der Waals surface area contributed by atoms with Crippen LogP contribution in [0.4, 0.5) is 4.39 Å². The van der Waals surface area contributed by atoms with Gasteiger partial charge in [0.15, 0.2) is 11.5 Å². The van der Waals surface area contributed by atoms with Gasteiger partial charge < -0.3 is 19.4 Å². The number of hydrogen-bond donors (Lipinski definition) is 1. The summed E-state index contributed by atoms with van der Waals surface area (Å²) >= 11 is 0. The zero-order valence-electron chi connectivity index (χ0n) is 17.2. The average molecular weight is 422 g/mol. The zero-order valence-corrected chi connectivity index (χ0v) is 17.2. The fourth-order valence-electron chi connectivity index (χ4n) is 3.41. The molecule has 1 N–H and O–H groups in total. The molecule has 2 aromatic carbocycles. The van der Waals surface area contributed by atoms with Crippen LogP contribution in [-0.4, -0.2) is 17.3 Å². The van der Waals surface area contributed by atoms with Crippen molar-refractivity contribution in [3.8, 4) is 22.6 Å². The van der Waals surface area contributed by atoms with E-state index in [0.717, 1.165) is 29.5 Å². The van der Waals surface area contributed by atoms with Crippen LogP contribution in [0.5, 0.6) is 11.5 Å². The maximum atomic E-state index is 13.1. The molecule has 4 rings (SSSR count). The maximum absolute atomic E-state index is 13.1. The van der Waals surface area contributed by atoms with Gasteiger partial charge in [0.1, 0.15) is 11.4 Å². The van der Waals surface area contributed by atoms with Crippen molar-refractivity contribution in [1.29, 1.82) is 0 Å². The van der Waals surface area contributed by atoms with Crippen LogP contribution in [-0.2, 0) is 13.1 Å². The van der Waals surface area contributed by atoms with Crippen molar-refractivity contribution in [3.63, 3.8) is 0 Å². The van der Waals surface area contributed by atoms with Gasteiger partial charge in [-0.1, -0.05) is 31.5 Å². The number of aromatic nitrogens is 1. The van der Waals surface area contributed by atoms with Crippen LogP contribution in [0.2, 0.25) is 0 Å². The molecule has 3 aromatic rings. The van der Waals surface area contributed by atoms with Crippen LogP contribution in [0.3, 0.4) is 0 Å². The molecule has 0 unspecified atom stereocenters. The number of nitrogens with one attached hydrogen (secondary N) is 1. The number of carbonyl (C=O) groups excluding carboxylic acids is 1. The lowest BCUT2D eigenvalue weighted by atomic mass is 10.0. The first-order valence-corrected chi connectivity index (χ1v) is 10.2. The number of amides is 1. The topological polar surface area (TPSA) is 69.6 Å². The fraction of sp³-hybridized carbons (Fsp3) is 0.250. The maximum Gasteiger partial charge on any atom is 0.263 e. The molecule has 1 amide bonds. The Balaban J connectivity index is 1.65. The molecule has 0 radical (unpaired) electrons. The Morgan fingerprint density at radius 3 is 2.61 bits per heavy atom. The van der Waals surface area contributed by atoms with Gasteiger partial charge in [-0.2, -0.15) is 0 Å². The van der Waals surface area contributed by atoms with Crippen molar-refractivity contribution in [1.82, 2.24) is 9.88 Å². The van der Waals surface area contributed by atoms with Gasteiger partial charge in [0.25, 0.3) is 11.5 Å². The summed E-state index contributed by atoms with van der Waals surface area (Å²) in [7, 11) is 0. The monoisotopic (exact) mass is 422 g/mol. The summed E-state index contributed by atoms with van der Waals surface area (Å²) in [6, 6.07) is 13.0. The van der Waals surface area contributed by atoms with E-state index >= 15 is 0 Å². The minimum Gasteiger partial charge on any atom is -0.454 e. The van der Waals surface area contributed by atoms with Gasteiger partial charge in [0.05, 0.1) is 0 Å². The SMILES string of the molecule is CCCCn1cc(-c2ccc3c(c2)OCO3)cc(C(=O)NCc2ccc(F)cc2)c1=O. The minimum atomic E-state index is -0.470. The molecule has 0 bridgehead atoms. The molecule has 0 spiro atoms. The number of rotatable bonds is 7. The number of ether oxygens (including phenoxy) is 2. The number of unbranched alkanes of at least 4 members (excludes halogenated alkanes) is 1. The molecule has 160 valence electrons. The fourth-order valence-corrected chi connectivity index (χ4v) is 3.41. The van der Waals surface area contributed by atoms with Crippen LogP contribution in [0.25, 0.3) is 11.1 Å². The zero-order chi connectivity index (χ0) is 21.8. The third kappa shape index (κ3) is 4.60. The van der Waals surface area contributed by atoms with Crippen molar-refractivity contribution >= 4 is 5.91 Å². The second-order valence-corrected chi connectivity index (χ2v) is 7.37. The molecule has 6 nitrogen and oxygen atoms in total. The molecule has 31 heavy (non-hydrogen) atoms. The molecular weight excluding hydrogens is 399 g/mol.